The van der Waals surface area contributed by atoms with Gasteiger partial charge in [0.25, 0.3) is 0 Å². The van der Waals surface area contributed by atoms with E-state index in [1.54, 1.807) is 6.92 Å². The highest BCUT2D eigenvalue weighted by atomic mass is 32.2. The summed E-state index contributed by atoms with van der Waals surface area (Å²) < 4.78 is 5.55. The van der Waals surface area contributed by atoms with Crippen molar-refractivity contribution in [3.63, 3.8) is 0 Å². The monoisotopic (exact) mass is 375 g/mol. The fourth-order valence-corrected chi connectivity index (χ4v) is 5.15. The number of benzene rings is 3. The first-order chi connectivity index (χ1) is 13.0. The minimum Gasteiger partial charge on any atom is -0.423 e. The van der Waals surface area contributed by atoms with Gasteiger partial charge in [0.05, 0.1) is 10.9 Å². The van der Waals surface area contributed by atoms with Crippen LogP contribution >= 0.6 is 0 Å². The van der Waals surface area contributed by atoms with Crippen molar-refractivity contribution in [3.8, 4) is 5.75 Å². The standard InChI is InChI=1S/C24H23O2S/c1-17(2)24(25)26-23-18(3)15-22(16-19(23)4)27(20-11-7-5-8-12-20)21-13-9-6-10-14-21/h5-16H,1H2,2-4H3/q+1. The largest absolute Gasteiger partial charge is 0.423 e. The van der Waals surface area contributed by atoms with E-state index in [0.29, 0.717) is 11.3 Å². The van der Waals surface area contributed by atoms with E-state index in [1.807, 2.05) is 26.0 Å². The molecule has 0 aliphatic carbocycles. The van der Waals surface area contributed by atoms with Gasteiger partial charge in [0, 0.05) is 17.7 Å². The quantitative estimate of drug-likeness (QED) is 0.241. The summed E-state index contributed by atoms with van der Waals surface area (Å²) in [6, 6.07) is 25.2. The van der Waals surface area contributed by atoms with Crippen molar-refractivity contribution in [2.45, 2.75) is 35.5 Å². The summed E-state index contributed by atoms with van der Waals surface area (Å²) >= 11 is 0. The third-order valence-electron chi connectivity index (χ3n) is 4.17. The van der Waals surface area contributed by atoms with Gasteiger partial charge < -0.3 is 4.74 Å². The summed E-state index contributed by atoms with van der Waals surface area (Å²) in [6.07, 6.45) is 0. The minimum atomic E-state index is -0.390. The Hall–Kier alpha value is -2.78. The van der Waals surface area contributed by atoms with Gasteiger partial charge >= 0.3 is 5.97 Å². The Labute approximate surface area is 163 Å². The lowest BCUT2D eigenvalue weighted by molar-refractivity contribution is -0.130. The van der Waals surface area contributed by atoms with E-state index >= 15 is 0 Å². The average molecular weight is 376 g/mol. The maximum Gasteiger partial charge on any atom is 0.338 e. The molecule has 3 rings (SSSR count). The van der Waals surface area contributed by atoms with Gasteiger partial charge in [-0.1, -0.05) is 43.0 Å². The van der Waals surface area contributed by atoms with Crippen LogP contribution in [0, 0.1) is 13.8 Å². The van der Waals surface area contributed by atoms with Crippen molar-refractivity contribution in [1.82, 2.24) is 0 Å². The molecule has 27 heavy (non-hydrogen) atoms. The predicted molar refractivity (Wildman–Crippen MR) is 111 cm³/mol. The molecule has 3 aromatic rings. The Kier molecular flexibility index (Phi) is 5.82. The number of esters is 1. The molecule has 0 fully saturated rings. The zero-order valence-corrected chi connectivity index (χ0v) is 16.7. The molecule has 0 unspecified atom stereocenters. The second-order valence-electron chi connectivity index (χ2n) is 6.49. The maximum atomic E-state index is 12.0. The molecule has 0 aliphatic rings. The van der Waals surface area contributed by atoms with Crippen LogP contribution in [0.15, 0.2) is 99.6 Å². The van der Waals surface area contributed by atoms with Gasteiger partial charge in [0.2, 0.25) is 0 Å². The molecule has 0 atom stereocenters. The lowest BCUT2D eigenvalue weighted by Gasteiger charge is -2.13. The molecule has 0 aliphatic heterocycles. The molecule has 0 saturated heterocycles. The van der Waals surface area contributed by atoms with Crippen LogP contribution in [0.2, 0.25) is 0 Å². The first-order valence-electron chi connectivity index (χ1n) is 8.80. The summed E-state index contributed by atoms with van der Waals surface area (Å²) in [5, 5.41) is 0. The second-order valence-corrected chi connectivity index (χ2v) is 8.51. The van der Waals surface area contributed by atoms with Crippen LogP contribution in [0.4, 0.5) is 0 Å². The van der Waals surface area contributed by atoms with Crippen LogP contribution in [0.1, 0.15) is 18.1 Å². The molecule has 0 heterocycles. The molecule has 136 valence electrons. The molecular formula is C24H23O2S+. The fourth-order valence-electron chi connectivity index (χ4n) is 2.89. The molecule has 0 saturated carbocycles. The maximum absolute atomic E-state index is 12.0. The number of hydrogen-bond acceptors (Lipinski definition) is 2. The summed E-state index contributed by atoms with van der Waals surface area (Å²) in [6.45, 7) is 9.28. The van der Waals surface area contributed by atoms with Gasteiger partial charge in [-0.2, -0.15) is 0 Å². The number of hydrogen-bond donors (Lipinski definition) is 0. The van der Waals surface area contributed by atoms with Gasteiger partial charge in [-0.25, -0.2) is 4.79 Å². The SMILES string of the molecule is C=C(C)C(=O)Oc1c(C)cc([S+](c2ccccc2)c2ccccc2)cc1C. The number of aryl methyl sites for hydroxylation is 2. The van der Waals surface area contributed by atoms with Gasteiger partial charge in [-0.05, 0) is 56.2 Å². The van der Waals surface area contributed by atoms with Crippen molar-refractivity contribution in [3.05, 3.63) is 96.1 Å². The van der Waals surface area contributed by atoms with Gasteiger partial charge in [0.1, 0.15) is 5.75 Å². The van der Waals surface area contributed by atoms with Gasteiger partial charge in [-0.15, -0.1) is 0 Å². The van der Waals surface area contributed by atoms with Crippen molar-refractivity contribution in [1.29, 1.82) is 0 Å². The van der Waals surface area contributed by atoms with Crippen LogP contribution in [0.25, 0.3) is 0 Å². The smallest absolute Gasteiger partial charge is 0.338 e. The second kappa shape index (κ2) is 8.28. The molecule has 0 aromatic heterocycles. The molecule has 0 bridgehead atoms. The Morgan fingerprint density at radius 1 is 0.815 bits per heavy atom. The summed E-state index contributed by atoms with van der Waals surface area (Å²) in [4.78, 5) is 15.7. The Morgan fingerprint density at radius 2 is 1.26 bits per heavy atom. The summed E-state index contributed by atoms with van der Waals surface area (Å²) in [5.41, 5.74) is 2.29. The molecule has 0 N–H and O–H groups in total. The number of carbonyl (C=O) groups is 1. The summed E-state index contributed by atoms with van der Waals surface area (Å²) in [5.74, 6) is 0.232. The first-order valence-corrected chi connectivity index (χ1v) is 10.0. The van der Waals surface area contributed by atoms with Gasteiger partial charge in [0.15, 0.2) is 14.7 Å². The third kappa shape index (κ3) is 4.32. The van der Waals surface area contributed by atoms with Crippen LogP contribution < -0.4 is 4.74 Å². The molecule has 2 nitrogen and oxygen atoms in total. The van der Waals surface area contributed by atoms with Crippen molar-refractivity contribution in [2.75, 3.05) is 0 Å². The summed E-state index contributed by atoms with van der Waals surface area (Å²) in [7, 11) is -0.223. The highest BCUT2D eigenvalue weighted by molar-refractivity contribution is 7.97. The average Bonchev–Trinajstić information content (AvgIpc) is 2.66. The van der Waals surface area contributed by atoms with E-state index in [9.17, 15) is 4.79 Å². The van der Waals surface area contributed by atoms with Crippen LogP contribution in [0.3, 0.4) is 0 Å². The Bertz CT molecular complexity index is 900. The van der Waals surface area contributed by atoms with E-state index in [0.717, 1.165) is 11.1 Å². The number of rotatable bonds is 5. The molecular weight excluding hydrogens is 352 g/mol. The van der Waals surface area contributed by atoms with Crippen molar-refractivity contribution >= 4 is 16.9 Å². The highest BCUT2D eigenvalue weighted by Gasteiger charge is 2.29. The van der Waals surface area contributed by atoms with Gasteiger partial charge in [-0.3, -0.25) is 0 Å². The van der Waals surface area contributed by atoms with E-state index in [1.165, 1.54) is 14.7 Å². The van der Waals surface area contributed by atoms with E-state index in [-0.39, 0.29) is 16.9 Å². The number of carbonyl (C=O) groups excluding carboxylic acids is 1. The van der Waals surface area contributed by atoms with Crippen LogP contribution in [-0.2, 0) is 15.7 Å². The first kappa shape index (κ1) is 19.0. The minimum absolute atomic E-state index is 0.223. The van der Waals surface area contributed by atoms with E-state index in [2.05, 4.69) is 67.2 Å². The molecule has 3 aromatic carbocycles. The molecule has 0 radical (unpaired) electrons. The Morgan fingerprint density at radius 3 is 1.67 bits per heavy atom. The Balaban J connectivity index is 2.08. The topological polar surface area (TPSA) is 26.3 Å². The molecule has 3 heteroatoms. The molecule has 0 spiro atoms. The van der Waals surface area contributed by atoms with Crippen LogP contribution in [0.5, 0.6) is 5.75 Å². The lowest BCUT2D eigenvalue weighted by Crippen LogP contribution is -2.11. The third-order valence-corrected chi connectivity index (χ3v) is 6.36. The van der Waals surface area contributed by atoms with Crippen molar-refractivity contribution in [2.24, 2.45) is 0 Å². The van der Waals surface area contributed by atoms with Crippen LogP contribution in [-0.4, -0.2) is 5.97 Å². The lowest BCUT2D eigenvalue weighted by atomic mass is 10.1. The fraction of sp³-hybridized carbons (Fsp3) is 0.125. The molecule has 0 amide bonds. The van der Waals surface area contributed by atoms with Crippen molar-refractivity contribution < 1.29 is 9.53 Å². The normalized spacial score (nSPS) is 10.7. The van der Waals surface area contributed by atoms with E-state index < -0.39 is 0 Å². The number of ether oxygens (including phenoxy) is 1. The zero-order valence-electron chi connectivity index (χ0n) is 15.9. The van der Waals surface area contributed by atoms with E-state index in [4.69, 9.17) is 4.74 Å². The highest BCUT2D eigenvalue weighted by Crippen LogP contribution is 2.35. The predicted octanol–water partition coefficient (Wildman–Crippen LogP) is 5.88. The zero-order chi connectivity index (χ0) is 19.4.